The minimum atomic E-state index is 0.649. The quantitative estimate of drug-likeness (QED) is 0.171. The largest absolute Gasteiger partial charge is 0.455 e. The maximum atomic E-state index is 6.78. The van der Waals surface area contributed by atoms with Crippen molar-refractivity contribution in [3.63, 3.8) is 0 Å². The lowest BCUT2D eigenvalue weighted by Crippen LogP contribution is -1.97. The van der Waals surface area contributed by atoms with Crippen LogP contribution in [0.3, 0.4) is 0 Å². The first-order valence-corrected chi connectivity index (χ1v) is 19.6. The van der Waals surface area contributed by atoms with Gasteiger partial charge in [-0.1, -0.05) is 140 Å². The number of rotatable bonds is 6. The fraction of sp³-hybridized carbons (Fsp3) is 0. The van der Waals surface area contributed by atoms with Crippen molar-refractivity contribution in [2.45, 2.75) is 0 Å². The standard InChI is InChI=1S/C52H32N2OS/c1-4-14-33(15-5-1)37-28-38(34-16-6-2-7-17-34)30-39(29-37)46-32-45(35-18-8-3-9-19-35)53-52(54-46)44-27-26-40(51-50(44)43-21-10-12-22-47(43)55-51)36-24-25-42-41-20-11-13-23-48(41)56-49(42)31-36/h1-32H. The van der Waals surface area contributed by atoms with Crippen LogP contribution in [-0.2, 0) is 0 Å². The van der Waals surface area contributed by atoms with E-state index in [4.69, 9.17) is 14.4 Å². The highest BCUT2D eigenvalue weighted by atomic mass is 32.1. The van der Waals surface area contributed by atoms with E-state index < -0.39 is 0 Å². The molecular weight excluding hydrogens is 701 g/mol. The van der Waals surface area contributed by atoms with Crippen LogP contribution in [0.2, 0.25) is 0 Å². The summed E-state index contributed by atoms with van der Waals surface area (Å²) in [4.78, 5) is 10.7. The molecule has 56 heavy (non-hydrogen) atoms. The molecule has 0 amide bonds. The van der Waals surface area contributed by atoms with E-state index in [9.17, 15) is 0 Å². The van der Waals surface area contributed by atoms with Crippen LogP contribution in [0.1, 0.15) is 0 Å². The van der Waals surface area contributed by atoms with Gasteiger partial charge >= 0.3 is 0 Å². The fourth-order valence-electron chi connectivity index (χ4n) is 7.98. The second-order valence-electron chi connectivity index (χ2n) is 14.1. The SMILES string of the molecule is c1ccc(-c2cc(-c3ccccc3)cc(-c3cc(-c4ccccc4)nc(-c4ccc(-c5ccc6c(c5)sc5ccccc56)c5oc6ccccc6c45)n3)c2)cc1. The van der Waals surface area contributed by atoms with Crippen LogP contribution in [0, 0.1) is 0 Å². The first-order valence-electron chi connectivity index (χ1n) is 18.8. The lowest BCUT2D eigenvalue weighted by atomic mass is 9.94. The van der Waals surface area contributed by atoms with Crippen LogP contribution in [0.15, 0.2) is 199 Å². The Morgan fingerprint density at radius 3 is 1.62 bits per heavy atom. The van der Waals surface area contributed by atoms with E-state index in [-0.39, 0.29) is 0 Å². The second-order valence-corrected chi connectivity index (χ2v) is 15.2. The highest BCUT2D eigenvalue weighted by molar-refractivity contribution is 7.25. The summed E-state index contributed by atoms with van der Waals surface area (Å²) in [5.74, 6) is 0.649. The number of hydrogen-bond acceptors (Lipinski definition) is 4. The Bertz CT molecular complexity index is 3180. The summed E-state index contributed by atoms with van der Waals surface area (Å²) in [5, 5.41) is 4.61. The summed E-state index contributed by atoms with van der Waals surface area (Å²) >= 11 is 1.83. The van der Waals surface area contributed by atoms with Gasteiger partial charge < -0.3 is 4.42 Å². The molecule has 0 saturated carbocycles. The Balaban J connectivity index is 1.15. The molecule has 0 aliphatic carbocycles. The molecule has 0 atom stereocenters. The average Bonchev–Trinajstić information content (AvgIpc) is 3.85. The second kappa shape index (κ2) is 13.3. The van der Waals surface area contributed by atoms with Crippen molar-refractivity contribution in [3.05, 3.63) is 194 Å². The summed E-state index contributed by atoms with van der Waals surface area (Å²) in [6, 6.07) is 68.4. The lowest BCUT2D eigenvalue weighted by Gasteiger charge is -2.14. The van der Waals surface area contributed by atoms with E-state index in [0.717, 1.165) is 83.4 Å². The molecular formula is C52H32N2OS. The van der Waals surface area contributed by atoms with Gasteiger partial charge in [0.25, 0.3) is 0 Å². The third-order valence-electron chi connectivity index (χ3n) is 10.7. The molecule has 0 aliphatic rings. The maximum Gasteiger partial charge on any atom is 0.161 e. The first kappa shape index (κ1) is 32.3. The highest BCUT2D eigenvalue weighted by Gasteiger charge is 2.21. The monoisotopic (exact) mass is 732 g/mol. The van der Waals surface area contributed by atoms with Crippen molar-refractivity contribution in [1.29, 1.82) is 0 Å². The van der Waals surface area contributed by atoms with E-state index in [1.54, 1.807) is 0 Å². The zero-order valence-corrected chi connectivity index (χ0v) is 31.0. The summed E-state index contributed by atoms with van der Waals surface area (Å²) in [7, 11) is 0. The fourth-order valence-corrected chi connectivity index (χ4v) is 9.12. The number of thiophene rings is 1. The first-order chi connectivity index (χ1) is 27.7. The topological polar surface area (TPSA) is 38.9 Å². The van der Waals surface area contributed by atoms with E-state index in [1.165, 1.54) is 20.2 Å². The lowest BCUT2D eigenvalue weighted by molar-refractivity contribution is 0.670. The molecule has 3 heterocycles. The summed E-state index contributed by atoms with van der Waals surface area (Å²) < 4.78 is 9.33. The molecule has 3 nitrogen and oxygen atoms in total. The van der Waals surface area contributed by atoms with Gasteiger partial charge in [-0.05, 0) is 82.4 Å². The summed E-state index contributed by atoms with van der Waals surface area (Å²) in [5.41, 5.74) is 13.1. The predicted octanol–water partition coefficient (Wildman–Crippen LogP) is 14.7. The Morgan fingerprint density at radius 2 is 0.911 bits per heavy atom. The number of furan rings is 1. The number of nitrogens with zero attached hydrogens (tertiary/aromatic N) is 2. The number of para-hydroxylation sites is 1. The Hall–Kier alpha value is -7.14. The van der Waals surface area contributed by atoms with Crippen LogP contribution in [0.4, 0.5) is 0 Å². The van der Waals surface area contributed by atoms with Crippen LogP contribution in [0.25, 0.3) is 109 Å². The normalized spacial score (nSPS) is 11.6. The Labute approximate surface area is 327 Å². The van der Waals surface area contributed by atoms with Crippen LogP contribution in [0.5, 0.6) is 0 Å². The van der Waals surface area contributed by atoms with Crippen molar-refractivity contribution < 1.29 is 4.42 Å². The van der Waals surface area contributed by atoms with Crippen molar-refractivity contribution >= 4 is 53.4 Å². The molecule has 8 aromatic carbocycles. The zero-order chi connectivity index (χ0) is 37.0. The van der Waals surface area contributed by atoms with Gasteiger partial charge in [-0.15, -0.1) is 11.3 Å². The van der Waals surface area contributed by atoms with Crippen molar-refractivity contribution in [2.24, 2.45) is 0 Å². The van der Waals surface area contributed by atoms with Gasteiger partial charge in [-0.25, -0.2) is 9.97 Å². The summed E-state index contributed by atoms with van der Waals surface area (Å²) in [6.07, 6.45) is 0. The van der Waals surface area contributed by atoms with E-state index in [2.05, 4.69) is 176 Å². The maximum absolute atomic E-state index is 6.78. The van der Waals surface area contributed by atoms with Crippen LogP contribution in [-0.4, -0.2) is 9.97 Å². The van der Waals surface area contributed by atoms with Crippen molar-refractivity contribution in [3.8, 4) is 67.3 Å². The van der Waals surface area contributed by atoms with Gasteiger partial charge in [0.05, 0.1) is 11.4 Å². The van der Waals surface area contributed by atoms with Gasteiger partial charge in [0.2, 0.25) is 0 Å². The third kappa shape index (κ3) is 5.58. The number of hydrogen-bond donors (Lipinski definition) is 0. The van der Waals surface area contributed by atoms with Gasteiger partial charge in [-0.2, -0.15) is 0 Å². The molecule has 0 unspecified atom stereocenters. The highest BCUT2D eigenvalue weighted by Crippen LogP contribution is 2.44. The van der Waals surface area contributed by atoms with Crippen LogP contribution >= 0.6 is 11.3 Å². The van der Waals surface area contributed by atoms with Crippen LogP contribution < -0.4 is 0 Å². The van der Waals surface area contributed by atoms with Crippen molar-refractivity contribution in [2.75, 3.05) is 0 Å². The molecule has 0 fully saturated rings. The van der Waals surface area contributed by atoms with Gasteiger partial charge in [0.1, 0.15) is 11.2 Å². The van der Waals surface area contributed by atoms with Crippen molar-refractivity contribution in [1.82, 2.24) is 9.97 Å². The zero-order valence-electron chi connectivity index (χ0n) is 30.2. The minimum absolute atomic E-state index is 0.649. The molecule has 0 bridgehead atoms. The molecule has 4 heteroatoms. The van der Waals surface area contributed by atoms with Gasteiger partial charge in [0, 0.05) is 53.2 Å². The molecule has 0 N–H and O–H groups in total. The molecule has 0 radical (unpaired) electrons. The predicted molar refractivity (Wildman–Crippen MR) is 235 cm³/mol. The molecule has 0 saturated heterocycles. The van der Waals surface area contributed by atoms with E-state index >= 15 is 0 Å². The average molecular weight is 733 g/mol. The molecule has 0 spiro atoms. The molecule has 11 rings (SSSR count). The molecule has 0 aliphatic heterocycles. The van der Waals surface area contributed by atoms with E-state index in [1.807, 2.05) is 29.5 Å². The number of fused-ring (bicyclic) bond motifs is 6. The summed E-state index contributed by atoms with van der Waals surface area (Å²) in [6.45, 7) is 0. The molecule has 3 aromatic heterocycles. The minimum Gasteiger partial charge on any atom is -0.455 e. The van der Waals surface area contributed by atoms with E-state index in [0.29, 0.717) is 5.82 Å². The third-order valence-corrected chi connectivity index (χ3v) is 11.8. The number of aromatic nitrogens is 2. The smallest absolute Gasteiger partial charge is 0.161 e. The molecule has 262 valence electrons. The Morgan fingerprint density at radius 1 is 0.357 bits per heavy atom. The van der Waals surface area contributed by atoms with Gasteiger partial charge in [-0.3, -0.25) is 0 Å². The Kier molecular flexibility index (Phi) is 7.68. The van der Waals surface area contributed by atoms with Gasteiger partial charge in [0.15, 0.2) is 5.82 Å². The number of benzene rings is 8. The molecule has 11 aromatic rings.